The number of benzene rings is 1. The Kier molecular flexibility index (Phi) is 5.30. The molecule has 2 aromatic rings. The minimum Gasteiger partial charge on any atom is -0.485 e. The molecule has 1 aromatic carbocycles. The summed E-state index contributed by atoms with van der Waals surface area (Å²) >= 11 is 0. The molecular formula is C20H24N2O4. The molecule has 1 amide bonds. The first kappa shape index (κ1) is 18.0. The number of nitrogens with zero attached hydrogens (tertiary/aromatic N) is 1. The van der Waals surface area contributed by atoms with Crippen LogP contribution in [0.3, 0.4) is 0 Å². The van der Waals surface area contributed by atoms with Crippen molar-refractivity contribution >= 4 is 17.6 Å². The zero-order valence-corrected chi connectivity index (χ0v) is 15.4. The van der Waals surface area contributed by atoms with Crippen LogP contribution in [-0.4, -0.2) is 29.7 Å². The minimum absolute atomic E-state index is 0.0438. The van der Waals surface area contributed by atoms with Crippen molar-refractivity contribution in [1.82, 2.24) is 4.57 Å². The Morgan fingerprint density at radius 3 is 2.69 bits per heavy atom. The number of rotatable bonds is 7. The van der Waals surface area contributed by atoms with Gasteiger partial charge in [0.05, 0.1) is 6.61 Å². The van der Waals surface area contributed by atoms with Gasteiger partial charge in [-0.15, -0.1) is 0 Å². The molecule has 3 rings (SSSR count). The van der Waals surface area contributed by atoms with E-state index in [2.05, 4.69) is 9.88 Å². The van der Waals surface area contributed by atoms with E-state index in [1.54, 1.807) is 31.2 Å². The Labute approximate surface area is 153 Å². The number of carbonyl (C=O) groups is 2. The molecule has 1 heterocycles. The molecule has 1 aromatic heterocycles. The van der Waals surface area contributed by atoms with Crippen molar-refractivity contribution < 1.29 is 19.1 Å². The number of ether oxygens (including phenoxy) is 2. The van der Waals surface area contributed by atoms with Gasteiger partial charge in [0.15, 0.2) is 6.61 Å². The van der Waals surface area contributed by atoms with Gasteiger partial charge >= 0.3 is 6.09 Å². The van der Waals surface area contributed by atoms with Gasteiger partial charge in [-0.2, -0.15) is 0 Å². The second-order valence-corrected chi connectivity index (χ2v) is 6.47. The van der Waals surface area contributed by atoms with Gasteiger partial charge < -0.3 is 14.0 Å². The first-order valence-corrected chi connectivity index (χ1v) is 8.88. The molecule has 1 aliphatic carbocycles. The molecule has 0 spiro atoms. The minimum atomic E-state index is -0.520. The molecule has 0 atom stereocenters. The van der Waals surface area contributed by atoms with Gasteiger partial charge in [-0.25, -0.2) is 4.79 Å². The number of anilines is 1. The molecule has 1 saturated carbocycles. The normalized spacial score (nSPS) is 13.3. The molecule has 0 bridgehead atoms. The molecule has 6 nitrogen and oxygen atoms in total. The Morgan fingerprint density at radius 1 is 1.23 bits per heavy atom. The third-order valence-corrected chi connectivity index (χ3v) is 4.42. The third kappa shape index (κ3) is 4.07. The van der Waals surface area contributed by atoms with E-state index in [1.165, 1.54) is 12.8 Å². The van der Waals surface area contributed by atoms with Crippen molar-refractivity contribution in [3.8, 4) is 5.75 Å². The van der Waals surface area contributed by atoms with Crippen LogP contribution in [0.15, 0.2) is 30.3 Å². The van der Waals surface area contributed by atoms with Crippen LogP contribution in [0.25, 0.3) is 0 Å². The Balaban J connectivity index is 1.63. The quantitative estimate of drug-likeness (QED) is 0.752. The molecule has 138 valence electrons. The van der Waals surface area contributed by atoms with Crippen LogP contribution in [0.5, 0.6) is 5.75 Å². The molecule has 0 unspecified atom stereocenters. The summed E-state index contributed by atoms with van der Waals surface area (Å²) in [6, 6.07) is 9.38. The molecule has 0 aliphatic heterocycles. The van der Waals surface area contributed by atoms with Crippen molar-refractivity contribution in [2.45, 2.75) is 39.7 Å². The standard InChI is InChI=1S/C20H24N2O4/c1-4-25-20(24)21-15-6-5-7-17(11-15)26-12-19(23)18-10-13(2)22(14(18)3)16-8-9-16/h5-7,10-11,16H,4,8-9,12H2,1-3H3,(H,21,24). The van der Waals surface area contributed by atoms with Gasteiger partial charge in [0.25, 0.3) is 0 Å². The molecule has 0 radical (unpaired) electrons. The first-order chi connectivity index (χ1) is 12.5. The van der Waals surface area contributed by atoms with Gasteiger partial charge in [0.2, 0.25) is 5.78 Å². The third-order valence-electron chi connectivity index (χ3n) is 4.42. The van der Waals surface area contributed by atoms with E-state index in [0.717, 1.165) is 17.0 Å². The lowest BCUT2D eigenvalue weighted by atomic mass is 10.1. The zero-order valence-electron chi connectivity index (χ0n) is 15.4. The molecule has 1 aliphatic rings. The molecule has 1 fully saturated rings. The zero-order chi connectivity index (χ0) is 18.7. The maximum Gasteiger partial charge on any atom is 0.411 e. The van der Waals surface area contributed by atoms with Crippen LogP contribution in [-0.2, 0) is 4.74 Å². The van der Waals surface area contributed by atoms with Crippen LogP contribution in [0, 0.1) is 13.8 Å². The van der Waals surface area contributed by atoms with Crippen molar-refractivity contribution in [1.29, 1.82) is 0 Å². The Bertz CT molecular complexity index is 821. The van der Waals surface area contributed by atoms with Gasteiger partial charge in [0.1, 0.15) is 5.75 Å². The highest BCUT2D eigenvalue weighted by molar-refractivity contribution is 5.98. The summed E-state index contributed by atoms with van der Waals surface area (Å²) in [7, 11) is 0. The average Bonchev–Trinajstić information content (AvgIpc) is 3.38. The van der Waals surface area contributed by atoms with Crippen LogP contribution < -0.4 is 10.1 Å². The van der Waals surface area contributed by atoms with E-state index in [0.29, 0.717) is 24.1 Å². The number of amides is 1. The number of hydrogen-bond donors (Lipinski definition) is 1. The molecule has 1 N–H and O–H groups in total. The van der Waals surface area contributed by atoms with E-state index in [9.17, 15) is 9.59 Å². The number of carbonyl (C=O) groups excluding carboxylic acids is 2. The summed E-state index contributed by atoms with van der Waals surface area (Å²) in [4.78, 5) is 24.0. The van der Waals surface area contributed by atoms with Crippen LogP contribution in [0.4, 0.5) is 10.5 Å². The summed E-state index contributed by atoms with van der Waals surface area (Å²) < 4.78 is 12.7. The van der Waals surface area contributed by atoms with E-state index in [-0.39, 0.29) is 12.4 Å². The van der Waals surface area contributed by atoms with E-state index in [1.807, 2.05) is 19.9 Å². The number of Topliss-reactive ketones (excluding diaryl/α,β-unsaturated/α-hetero) is 1. The van der Waals surface area contributed by atoms with Crippen LogP contribution in [0.1, 0.15) is 47.6 Å². The van der Waals surface area contributed by atoms with Crippen molar-refractivity contribution in [3.05, 3.63) is 47.3 Å². The fraction of sp³-hybridized carbons (Fsp3) is 0.400. The fourth-order valence-corrected chi connectivity index (χ4v) is 3.13. The SMILES string of the molecule is CCOC(=O)Nc1cccc(OCC(=O)c2cc(C)n(C3CC3)c2C)c1. The smallest absolute Gasteiger partial charge is 0.411 e. The summed E-state index contributed by atoms with van der Waals surface area (Å²) in [6.45, 7) is 6.02. The van der Waals surface area contributed by atoms with Crippen molar-refractivity contribution in [3.63, 3.8) is 0 Å². The monoisotopic (exact) mass is 356 g/mol. The van der Waals surface area contributed by atoms with Gasteiger partial charge in [-0.05, 0) is 51.8 Å². The second-order valence-electron chi connectivity index (χ2n) is 6.47. The molecule has 0 saturated heterocycles. The Hall–Kier alpha value is -2.76. The number of aryl methyl sites for hydroxylation is 1. The molecular weight excluding hydrogens is 332 g/mol. The Morgan fingerprint density at radius 2 is 2.00 bits per heavy atom. The highest BCUT2D eigenvalue weighted by atomic mass is 16.5. The highest BCUT2D eigenvalue weighted by Crippen LogP contribution is 2.38. The van der Waals surface area contributed by atoms with Crippen molar-refractivity contribution in [2.24, 2.45) is 0 Å². The predicted octanol–water partition coefficient (Wildman–Crippen LogP) is 4.27. The number of ketones is 1. The lowest BCUT2D eigenvalue weighted by molar-refractivity contribution is 0.0920. The highest BCUT2D eigenvalue weighted by Gasteiger charge is 2.28. The van der Waals surface area contributed by atoms with Crippen LogP contribution in [0.2, 0.25) is 0 Å². The van der Waals surface area contributed by atoms with Crippen molar-refractivity contribution in [2.75, 3.05) is 18.5 Å². The number of aromatic nitrogens is 1. The van der Waals surface area contributed by atoms with E-state index < -0.39 is 6.09 Å². The summed E-state index contributed by atoms with van der Waals surface area (Å²) in [5.74, 6) is 0.470. The first-order valence-electron chi connectivity index (χ1n) is 8.88. The number of nitrogens with one attached hydrogen (secondary N) is 1. The van der Waals surface area contributed by atoms with E-state index >= 15 is 0 Å². The maximum atomic E-state index is 12.6. The molecule has 6 heteroatoms. The maximum absolute atomic E-state index is 12.6. The largest absolute Gasteiger partial charge is 0.485 e. The van der Waals surface area contributed by atoms with Gasteiger partial charge in [-0.1, -0.05) is 6.07 Å². The lowest BCUT2D eigenvalue weighted by Crippen LogP contribution is -2.14. The predicted molar refractivity (Wildman–Crippen MR) is 99.1 cm³/mol. The average molecular weight is 356 g/mol. The van der Waals surface area contributed by atoms with E-state index in [4.69, 9.17) is 9.47 Å². The number of hydrogen-bond acceptors (Lipinski definition) is 4. The topological polar surface area (TPSA) is 69.6 Å². The summed E-state index contributed by atoms with van der Waals surface area (Å²) in [5.41, 5.74) is 3.40. The second kappa shape index (κ2) is 7.64. The van der Waals surface area contributed by atoms with Gasteiger partial charge in [-0.3, -0.25) is 10.1 Å². The fourth-order valence-electron chi connectivity index (χ4n) is 3.13. The summed E-state index contributed by atoms with van der Waals surface area (Å²) in [6.07, 6.45) is 1.84. The van der Waals surface area contributed by atoms with Gasteiger partial charge in [0, 0.05) is 34.7 Å². The summed E-state index contributed by atoms with van der Waals surface area (Å²) in [5, 5.41) is 2.61. The lowest BCUT2D eigenvalue weighted by Gasteiger charge is -2.10. The molecule has 26 heavy (non-hydrogen) atoms. The van der Waals surface area contributed by atoms with Crippen LogP contribution >= 0.6 is 0 Å².